The second kappa shape index (κ2) is 7.10. The molecule has 0 aliphatic carbocycles. The molecule has 0 heterocycles. The Morgan fingerprint density at radius 2 is 1.63 bits per heavy atom. The fourth-order valence-corrected chi connectivity index (χ4v) is 2.58. The number of hydrogen-bond acceptors (Lipinski definition) is 1. The highest BCUT2D eigenvalue weighted by Gasteiger charge is 2.10. The molecule has 0 saturated carbocycles. The molecule has 0 radical (unpaired) electrons. The number of rotatable bonds is 6. The van der Waals surface area contributed by atoms with Crippen LogP contribution in [0.4, 0.5) is 0 Å². The molecule has 0 fully saturated rings. The van der Waals surface area contributed by atoms with Gasteiger partial charge in [0.2, 0.25) is 0 Å². The van der Waals surface area contributed by atoms with Crippen molar-refractivity contribution in [1.82, 2.24) is 5.32 Å². The normalized spacial score (nSPS) is 12.3. The number of nitrogens with one attached hydrogen (secondary N) is 1. The molecular formula is C18H23N. The Bertz CT molecular complexity index is 490. The second-order valence-electron chi connectivity index (χ2n) is 5.13. The Hall–Kier alpha value is -1.60. The van der Waals surface area contributed by atoms with E-state index in [1.807, 2.05) is 7.05 Å². The molecule has 1 atom stereocenters. The van der Waals surface area contributed by atoms with E-state index in [1.165, 1.54) is 23.1 Å². The summed E-state index contributed by atoms with van der Waals surface area (Å²) in [6, 6.07) is 19.5. The Morgan fingerprint density at radius 1 is 0.947 bits per heavy atom. The van der Waals surface area contributed by atoms with Gasteiger partial charge in [0.05, 0.1) is 0 Å². The molecule has 2 aromatic carbocycles. The van der Waals surface area contributed by atoms with Crippen LogP contribution in [-0.4, -0.2) is 13.6 Å². The van der Waals surface area contributed by atoms with Gasteiger partial charge in [-0.2, -0.15) is 0 Å². The summed E-state index contributed by atoms with van der Waals surface area (Å²) in [6.45, 7) is 3.24. The second-order valence-corrected chi connectivity index (χ2v) is 5.13. The van der Waals surface area contributed by atoms with E-state index in [-0.39, 0.29) is 0 Å². The smallest absolute Gasteiger partial charge is 0.00172 e. The Balaban J connectivity index is 2.04. The highest BCUT2D eigenvalue weighted by molar-refractivity contribution is 5.26. The minimum Gasteiger partial charge on any atom is -0.319 e. The van der Waals surface area contributed by atoms with Crippen molar-refractivity contribution in [2.24, 2.45) is 0 Å². The van der Waals surface area contributed by atoms with Crippen LogP contribution in [0.5, 0.6) is 0 Å². The molecule has 0 aliphatic heterocycles. The maximum Gasteiger partial charge on any atom is 0.00172 e. The molecule has 0 bridgehead atoms. The van der Waals surface area contributed by atoms with Crippen LogP contribution >= 0.6 is 0 Å². The van der Waals surface area contributed by atoms with Crippen molar-refractivity contribution < 1.29 is 0 Å². The molecule has 2 rings (SSSR count). The Morgan fingerprint density at radius 3 is 2.32 bits per heavy atom. The monoisotopic (exact) mass is 253 g/mol. The van der Waals surface area contributed by atoms with Crippen molar-refractivity contribution in [2.75, 3.05) is 13.6 Å². The summed E-state index contributed by atoms with van der Waals surface area (Å²) in [5, 5.41) is 3.32. The summed E-state index contributed by atoms with van der Waals surface area (Å²) in [7, 11) is 2.03. The Labute approximate surface area is 116 Å². The summed E-state index contributed by atoms with van der Waals surface area (Å²) in [5.74, 6) is 0.589. The number of benzene rings is 2. The van der Waals surface area contributed by atoms with E-state index in [1.54, 1.807) is 0 Å². The highest BCUT2D eigenvalue weighted by Crippen LogP contribution is 2.22. The van der Waals surface area contributed by atoms with Gasteiger partial charge in [0, 0.05) is 6.54 Å². The van der Waals surface area contributed by atoms with Gasteiger partial charge in [-0.1, -0.05) is 54.6 Å². The SMILES string of the molecule is CNCC(CCc1ccccc1C)c1ccccc1. The first-order chi connectivity index (χ1) is 9.31. The van der Waals surface area contributed by atoms with E-state index in [0.29, 0.717) is 5.92 Å². The van der Waals surface area contributed by atoms with E-state index in [0.717, 1.165) is 13.0 Å². The van der Waals surface area contributed by atoms with Gasteiger partial charge in [-0.05, 0) is 49.4 Å². The lowest BCUT2D eigenvalue weighted by atomic mass is 9.91. The summed E-state index contributed by atoms with van der Waals surface area (Å²) in [5.41, 5.74) is 4.31. The standard InChI is InChI=1S/C18H23N/c1-15-8-6-7-9-16(15)12-13-18(14-19-2)17-10-4-3-5-11-17/h3-11,18-19H,12-14H2,1-2H3. The van der Waals surface area contributed by atoms with E-state index in [4.69, 9.17) is 0 Å². The van der Waals surface area contributed by atoms with Crippen molar-refractivity contribution in [1.29, 1.82) is 0 Å². The third-order valence-corrected chi connectivity index (χ3v) is 3.74. The fourth-order valence-electron chi connectivity index (χ4n) is 2.58. The highest BCUT2D eigenvalue weighted by atomic mass is 14.8. The van der Waals surface area contributed by atoms with Crippen molar-refractivity contribution in [3.05, 3.63) is 71.3 Å². The molecular weight excluding hydrogens is 230 g/mol. The van der Waals surface area contributed by atoms with Crippen molar-refractivity contribution in [3.63, 3.8) is 0 Å². The topological polar surface area (TPSA) is 12.0 Å². The Kier molecular flexibility index (Phi) is 5.17. The van der Waals surface area contributed by atoms with Gasteiger partial charge in [-0.3, -0.25) is 0 Å². The van der Waals surface area contributed by atoms with Gasteiger partial charge in [0.25, 0.3) is 0 Å². The lowest BCUT2D eigenvalue weighted by Gasteiger charge is -2.17. The van der Waals surface area contributed by atoms with Gasteiger partial charge < -0.3 is 5.32 Å². The molecule has 0 saturated heterocycles. The molecule has 0 amide bonds. The summed E-state index contributed by atoms with van der Waals surface area (Å²) in [4.78, 5) is 0. The van der Waals surface area contributed by atoms with Crippen molar-refractivity contribution >= 4 is 0 Å². The molecule has 1 heteroatoms. The quantitative estimate of drug-likeness (QED) is 0.822. The molecule has 19 heavy (non-hydrogen) atoms. The third kappa shape index (κ3) is 3.93. The zero-order valence-electron chi connectivity index (χ0n) is 11.9. The maximum absolute atomic E-state index is 3.32. The van der Waals surface area contributed by atoms with Gasteiger partial charge in [0.15, 0.2) is 0 Å². The molecule has 0 spiro atoms. The van der Waals surface area contributed by atoms with Gasteiger partial charge >= 0.3 is 0 Å². The first-order valence-electron chi connectivity index (χ1n) is 7.05. The zero-order chi connectivity index (χ0) is 13.5. The van der Waals surface area contributed by atoms with Crippen LogP contribution in [-0.2, 0) is 6.42 Å². The number of aryl methyl sites for hydroxylation is 2. The van der Waals surface area contributed by atoms with Crippen LogP contribution in [0, 0.1) is 6.92 Å². The fraction of sp³-hybridized carbons (Fsp3) is 0.333. The van der Waals surface area contributed by atoms with Gasteiger partial charge in [-0.25, -0.2) is 0 Å². The van der Waals surface area contributed by atoms with E-state index >= 15 is 0 Å². The molecule has 0 aromatic heterocycles. The minimum atomic E-state index is 0.589. The van der Waals surface area contributed by atoms with E-state index in [9.17, 15) is 0 Å². The number of hydrogen-bond donors (Lipinski definition) is 1. The van der Waals surface area contributed by atoms with Gasteiger partial charge in [0.1, 0.15) is 0 Å². The molecule has 1 unspecified atom stereocenters. The average Bonchev–Trinajstić information content (AvgIpc) is 2.46. The first kappa shape index (κ1) is 13.8. The summed E-state index contributed by atoms with van der Waals surface area (Å²) >= 11 is 0. The van der Waals surface area contributed by atoms with Crippen LogP contribution < -0.4 is 5.32 Å². The van der Waals surface area contributed by atoms with Crippen LogP contribution in [0.1, 0.15) is 29.0 Å². The summed E-state index contributed by atoms with van der Waals surface area (Å²) < 4.78 is 0. The molecule has 1 N–H and O–H groups in total. The van der Waals surface area contributed by atoms with E-state index < -0.39 is 0 Å². The van der Waals surface area contributed by atoms with Crippen LogP contribution in [0.15, 0.2) is 54.6 Å². The lowest BCUT2D eigenvalue weighted by Crippen LogP contribution is -2.18. The van der Waals surface area contributed by atoms with Crippen LogP contribution in [0.3, 0.4) is 0 Å². The van der Waals surface area contributed by atoms with E-state index in [2.05, 4.69) is 66.8 Å². The predicted molar refractivity (Wildman–Crippen MR) is 82.6 cm³/mol. The lowest BCUT2D eigenvalue weighted by molar-refractivity contribution is 0.583. The molecule has 0 aliphatic rings. The first-order valence-corrected chi connectivity index (χ1v) is 7.05. The van der Waals surface area contributed by atoms with Crippen molar-refractivity contribution in [3.8, 4) is 0 Å². The van der Waals surface area contributed by atoms with Crippen LogP contribution in [0.25, 0.3) is 0 Å². The largest absolute Gasteiger partial charge is 0.319 e. The predicted octanol–water partition coefficient (Wildman–Crippen LogP) is 3.93. The number of likely N-dealkylation sites (N-methyl/N-ethyl adjacent to an activating group) is 1. The molecule has 1 nitrogen and oxygen atoms in total. The zero-order valence-corrected chi connectivity index (χ0v) is 11.9. The third-order valence-electron chi connectivity index (χ3n) is 3.74. The van der Waals surface area contributed by atoms with Crippen molar-refractivity contribution in [2.45, 2.75) is 25.7 Å². The summed E-state index contributed by atoms with van der Waals surface area (Å²) in [6.07, 6.45) is 2.34. The van der Waals surface area contributed by atoms with Crippen LogP contribution in [0.2, 0.25) is 0 Å². The minimum absolute atomic E-state index is 0.589. The van der Waals surface area contributed by atoms with Gasteiger partial charge in [-0.15, -0.1) is 0 Å². The molecule has 100 valence electrons. The average molecular weight is 253 g/mol. The molecule has 2 aromatic rings. The maximum atomic E-state index is 3.32.